The third kappa shape index (κ3) is 2.34. The van der Waals surface area contributed by atoms with Gasteiger partial charge in [0.1, 0.15) is 5.75 Å². The Labute approximate surface area is 133 Å². The highest BCUT2D eigenvalue weighted by atomic mass is 16.3. The predicted molar refractivity (Wildman–Crippen MR) is 93.0 cm³/mol. The lowest BCUT2D eigenvalue weighted by molar-refractivity contribution is 0.104. The summed E-state index contributed by atoms with van der Waals surface area (Å²) in [5.41, 5.74) is 1.25. The van der Waals surface area contributed by atoms with E-state index in [1.54, 1.807) is 12.1 Å². The summed E-state index contributed by atoms with van der Waals surface area (Å²) in [4.78, 5) is 12.8. The van der Waals surface area contributed by atoms with Crippen molar-refractivity contribution in [1.82, 2.24) is 0 Å². The van der Waals surface area contributed by atoms with Gasteiger partial charge >= 0.3 is 0 Å². The van der Waals surface area contributed by atoms with Crippen LogP contribution in [-0.2, 0) is 0 Å². The molecule has 0 bridgehead atoms. The molecule has 2 nitrogen and oxygen atoms in total. The van der Waals surface area contributed by atoms with Crippen molar-refractivity contribution in [2.24, 2.45) is 0 Å². The Kier molecular flexibility index (Phi) is 3.09. The average Bonchev–Trinajstić information content (AvgIpc) is 2.59. The lowest BCUT2D eigenvalue weighted by atomic mass is 9.95. The molecule has 4 aromatic rings. The number of benzene rings is 4. The number of phenolic OH excluding ortho intramolecular Hbond substituents is 1. The van der Waals surface area contributed by atoms with Gasteiger partial charge in [-0.05, 0) is 57.9 Å². The third-order valence-corrected chi connectivity index (χ3v) is 4.12. The van der Waals surface area contributed by atoms with E-state index in [4.69, 9.17) is 0 Å². The van der Waals surface area contributed by atoms with E-state index in [0.29, 0.717) is 11.1 Å². The molecule has 4 rings (SSSR count). The zero-order valence-corrected chi connectivity index (χ0v) is 12.4. The molecule has 0 amide bonds. The number of carbonyl (C=O) groups excluding carboxylic acids is 1. The van der Waals surface area contributed by atoms with E-state index in [9.17, 15) is 9.90 Å². The van der Waals surface area contributed by atoms with Gasteiger partial charge in [-0.25, -0.2) is 0 Å². The van der Waals surface area contributed by atoms with Crippen molar-refractivity contribution in [3.05, 3.63) is 90.0 Å². The van der Waals surface area contributed by atoms with Crippen LogP contribution in [0.1, 0.15) is 15.9 Å². The lowest BCUT2D eigenvalue weighted by Gasteiger charge is -2.08. The number of phenols is 1. The SMILES string of the molecule is O=C(c1ccc(O)cc1)c1cccc2cc3ccccc3cc12. The molecule has 0 spiro atoms. The predicted octanol–water partition coefficient (Wildman–Crippen LogP) is 4.93. The molecule has 0 aliphatic heterocycles. The highest BCUT2D eigenvalue weighted by Gasteiger charge is 2.13. The van der Waals surface area contributed by atoms with Crippen LogP contribution < -0.4 is 0 Å². The summed E-state index contributed by atoms with van der Waals surface area (Å²) in [7, 11) is 0. The van der Waals surface area contributed by atoms with E-state index in [0.717, 1.165) is 21.5 Å². The Balaban J connectivity index is 1.94. The first-order valence-corrected chi connectivity index (χ1v) is 7.48. The molecular weight excluding hydrogens is 284 g/mol. The van der Waals surface area contributed by atoms with Gasteiger partial charge in [0.25, 0.3) is 0 Å². The van der Waals surface area contributed by atoms with E-state index in [1.165, 1.54) is 12.1 Å². The molecule has 1 N–H and O–H groups in total. The molecule has 0 aromatic heterocycles. The van der Waals surface area contributed by atoms with Crippen molar-refractivity contribution in [2.75, 3.05) is 0 Å². The molecular formula is C21H14O2. The normalized spacial score (nSPS) is 11.0. The highest BCUT2D eigenvalue weighted by Crippen LogP contribution is 2.27. The van der Waals surface area contributed by atoms with Crippen molar-refractivity contribution in [1.29, 1.82) is 0 Å². The summed E-state index contributed by atoms with van der Waals surface area (Å²) in [5, 5.41) is 13.7. The van der Waals surface area contributed by atoms with Crippen LogP contribution in [0.5, 0.6) is 5.75 Å². The second-order valence-electron chi connectivity index (χ2n) is 5.60. The first-order chi connectivity index (χ1) is 11.2. The van der Waals surface area contributed by atoms with Gasteiger partial charge in [0.15, 0.2) is 5.78 Å². The molecule has 0 heterocycles. The number of fused-ring (bicyclic) bond motifs is 2. The third-order valence-electron chi connectivity index (χ3n) is 4.12. The molecule has 0 radical (unpaired) electrons. The van der Waals surface area contributed by atoms with Crippen molar-refractivity contribution < 1.29 is 9.90 Å². The van der Waals surface area contributed by atoms with Crippen molar-refractivity contribution in [3.63, 3.8) is 0 Å². The summed E-state index contributed by atoms with van der Waals surface area (Å²) in [5.74, 6) is 0.122. The zero-order chi connectivity index (χ0) is 15.8. The monoisotopic (exact) mass is 298 g/mol. The fourth-order valence-electron chi connectivity index (χ4n) is 2.93. The molecule has 0 saturated carbocycles. The minimum Gasteiger partial charge on any atom is -0.508 e. The maximum atomic E-state index is 12.8. The molecule has 0 unspecified atom stereocenters. The number of aromatic hydroxyl groups is 1. The number of hydrogen-bond donors (Lipinski definition) is 1. The van der Waals surface area contributed by atoms with Crippen LogP contribution in [0.4, 0.5) is 0 Å². The fourth-order valence-corrected chi connectivity index (χ4v) is 2.93. The van der Waals surface area contributed by atoms with Gasteiger partial charge in [-0.15, -0.1) is 0 Å². The smallest absolute Gasteiger partial charge is 0.193 e. The molecule has 0 fully saturated rings. The Morgan fingerprint density at radius 2 is 1.35 bits per heavy atom. The van der Waals surface area contributed by atoms with Crippen LogP contribution in [0.25, 0.3) is 21.5 Å². The van der Waals surface area contributed by atoms with Gasteiger partial charge < -0.3 is 5.11 Å². The standard InChI is InChI=1S/C21H14O2/c22-18-10-8-14(9-11-18)21(23)19-7-3-6-17-12-15-4-1-2-5-16(15)13-20(17)19/h1-13,22H. The summed E-state index contributed by atoms with van der Waals surface area (Å²) < 4.78 is 0. The number of ketones is 1. The van der Waals surface area contributed by atoms with E-state index in [-0.39, 0.29) is 11.5 Å². The fraction of sp³-hybridized carbons (Fsp3) is 0. The molecule has 0 saturated heterocycles. The van der Waals surface area contributed by atoms with Gasteiger partial charge in [-0.1, -0.05) is 42.5 Å². The second-order valence-corrected chi connectivity index (χ2v) is 5.60. The largest absolute Gasteiger partial charge is 0.508 e. The summed E-state index contributed by atoms with van der Waals surface area (Å²) in [6, 6.07) is 24.5. The van der Waals surface area contributed by atoms with E-state index < -0.39 is 0 Å². The average molecular weight is 298 g/mol. The van der Waals surface area contributed by atoms with Crippen LogP contribution >= 0.6 is 0 Å². The highest BCUT2D eigenvalue weighted by molar-refractivity contribution is 6.18. The van der Waals surface area contributed by atoms with Gasteiger partial charge in [-0.3, -0.25) is 4.79 Å². The van der Waals surface area contributed by atoms with Crippen molar-refractivity contribution in [3.8, 4) is 5.75 Å². The molecule has 4 aromatic carbocycles. The number of rotatable bonds is 2. The Hall–Kier alpha value is -3.13. The number of hydrogen-bond acceptors (Lipinski definition) is 2. The van der Waals surface area contributed by atoms with Gasteiger partial charge in [0.05, 0.1) is 0 Å². The van der Waals surface area contributed by atoms with Crippen molar-refractivity contribution >= 4 is 27.3 Å². The van der Waals surface area contributed by atoms with Gasteiger partial charge in [0, 0.05) is 11.1 Å². The lowest BCUT2D eigenvalue weighted by Crippen LogP contribution is -2.01. The zero-order valence-electron chi connectivity index (χ0n) is 12.4. The first kappa shape index (κ1) is 13.5. The first-order valence-electron chi connectivity index (χ1n) is 7.48. The van der Waals surface area contributed by atoms with Gasteiger partial charge in [-0.2, -0.15) is 0 Å². The Morgan fingerprint density at radius 3 is 2.09 bits per heavy atom. The van der Waals surface area contributed by atoms with Crippen molar-refractivity contribution in [2.45, 2.75) is 0 Å². The Bertz CT molecular complexity index is 1030. The molecule has 110 valence electrons. The van der Waals surface area contributed by atoms with E-state index in [1.807, 2.05) is 30.3 Å². The van der Waals surface area contributed by atoms with Gasteiger partial charge in [0.2, 0.25) is 0 Å². The maximum Gasteiger partial charge on any atom is 0.193 e. The topological polar surface area (TPSA) is 37.3 Å². The quantitative estimate of drug-likeness (QED) is 0.421. The van der Waals surface area contributed by atoms with Crippen LogP contribution in [0.2, 0.25) is 0 Å². The molecule has 2 heteroatoms. The maximum absolute atomic E-state index is 12.8. The van der Waals surface area contributed by atoms with E-state index >= 15 is 0 Å². The molecule has 0 atom stereocenters. The van der Waals surface area contributed by atoms with Crippen LogP contribution in [0, 0.1) is 0 Å². The van der Waals surface area contributed by atoms with E-state index in [2.05, 4.69) is 24.3 Å². The summed E-state index contributed by atoms with van der Waals surface area (Å²) >= 11 is 0. The Morgan fingerprint density at radius 1 is 0.696 bits per heavy atom. The molecule has 23 heavy (non-hydrogen) atoms. The van der Waals surface area contributed by atoms with Crippen LogP contribution in [-0.4, -0.2) is 10.9 Å². The number of carbonyl (C=O) groups is 1. The summed E-state index contributed by atoms with van der Waals surface area (Å²) in [6.45, 7) is 0. The molecule has 0 aliphatic rings. The second kappa shape index (κ2) is 5.25. The van der Waals surface area contributed by atoms with Crippen LogP contribution in [0.3, 0.4) is 0 Å². The van der Waals surface area contributed by atoms with Crippen LogP contribution in [0.15, 0.2) is 78.9 Å². The minimum atomic E-state index is -0.0362. The summed E-state index contributed by atoms with van der Waals surface area (Å²) in [6.07, 6.45) is 0. The minimum absolute atomic E-state index is 0.0362. The molecule has 0 aliphatic carbocycles.